The van der Waals surface area contributed by atoms with Crippen LogP contribution in [0.3, 0.4) is 0 Å². The molecule has 1 aromatic rings. The molecule has 252 valence electrons. The van der Waals surface area contributed by atoms with E-state index < -0.39 is 0 Å². The zero-order valence-electron chi connectivity index (χ0n) is 27.6. The minimum atomic E-state index is -0.260. The van der Waals surface area contributed by atoms with Crippen LogP contribution >= 0.6 is 21.6 Å². The van der Waals surface area contributed by atoms with Gasteiger partial charge in [0.2, 0.25) is 11.8 Å². The lowest BCUT2D eigenvalue weighted by molar-refractivity contribution is -0.126. The Balaban J connectivity index is 2.38. The van der Waals surface area contributed by atoms with Crippen molar-refractivity contribution < 1.29 is 33.3 Å². The van der Waals surface area contributed by atoms with Crippen LogP contribution in [0, 0.1) is 5.92 Å². The number of carbonyl (C=O) groups is 2. The Morgan fingerprint density at radius 1 is 0.932 bits per heavy atom. The number of hydrogen-bond donors (Lipinski definition) is 3. The summed E-state index contributed by atoms with van der Waals surface area (Å²) >= 11 is 0. The quantitative estimate of drug-likeness (QED) is 0.0554. The smallest absolute Gasteiger partial charge is 0.246 e. The van der Waals surface area contributed by atoms with Crippen molar-refractivity contribution in [3.8, 4) is 5.75 Å². The highest BCUT2D eigenvalue weighted by atomic mass is 33.1. The predicted octanol–water partition coefficient (Wildman–Crippen LogP) is 5.29. The second kappa shape index (κ2) is 24.4. The Morgan fingerprint density at radius 2 is 1.66 bits per heavy atom. The Bertz CT molecular complexity index is 943. The van der Waals surface area contributed by atoms with Gasteiger partial charge in [0.15, 0.2) is 0 Å². The zero-order valence-corrected chi connectivity index (χ0v) is 29.3. The van der Waals surface area contributed by atoms with E-state index >= 15 is 0 Å². The number of hydrogen-bond acceptors (Lipinski definition) is 10. The summed E-state index contributed by atoms with van der Waals surface area (Å²) in [4.78, 5) is 24.3. The van der Waals surface area contributed by atoms with Crippen molar-refractivity contribution in [1.29, 1.82) is 0 Å². The number of benzene rings is 1. The molecule has 1 rings (SSSR count). The van der Waals surface area contributed by atoms with Crippen LogP contribution in [0.5, 0.6) is 5.75 Å². The van der Waals surface area contributed by atoms with Gasteiger partial charge in [0.1, 0.15) is 24.4 Å². The van der Waals surface area contributed by atoms with E-state index in [0.717, 1.165) is 6.54 Å². The molecular weight excluding hydrogens is 603 g/mol. The summed E-state index contributed by atoms with van der Waals surface area (Å²) in [5.41, 5.74) is 0.387. The molecule has 44 heavy (non-hydrogen) atoms. The highest BCUT2D eigenvalue weighted by Crippen LogP contribution is 2.38. The first-order valence-electron chi connectivity index (χ1n) is 15.3. The van der Waals surface area contributed by atoms with Gasteiger partial charge >= 0.3 is 0 Å². The van der Waals surface area contributed by atoms with E-state index in [2.05, 4.69) is 64.4 Å². The maximum atomic E-state index is 12.4. The normalized spacial score (nSPS) is 12.7. The largest absolute Gasteiger partial charge is 0.490 e. The molecule has 3 N–H and O–H groups in total. The number of ether oxygens (including phenoxy) is 5. The van der Waals surface area contributed by atoms with E-state index in [-0.39, 0.29) is 35.0 Å². The van der Waals surface area contributed by atoms with E-state index in [1.54, 1.807) is 27.7 Å². The monoisotopic (exact) mass is 657 g/mol. The molecule has 0 spiro atoms. The van der Waals surface area contributed by atoms with Crippen LogP contribution in [-0.2, 0) is 28.5 Å². The Labute approximate surface area is 272 Å². The van der Waals surface area contributed by atoms with Crippen LogP contribution in [0.15, 0.2) is 36.4 Å². The molecule has 0 aliphatic heterocycles. The Morgan fingerprint density at radius 3 is 2.36 bits per heavy atom. The fourth-order valence-corrected chi connectivity index (χ4v) is 5.42. The van der Waals surface area contributed by atoms with Gasteiger partial charge in [-0.2, -0.15) is 0 Å². The number of nitrogens with one attached hydrogen (secondary N) is 3. The number of anilines is 1. The second-order valence-electron chi connectivity index (χ2n) is 11.6. The third-order valence-corrected chi connectivity index (χ3v) is 8.77. The fraction of sp³-hybridized carbons (Fsp3) is 0.688. The third-order valence-electron chi connectivity index (χ3n) is 5.26. The summed E-state index contributed by atoms with van der Waals surface area (Å²) in [7, 11) is 3.30. The van der Waals surface area contributed by atoms with Crippen molar-refractivity contribution in [3.05, 3.63) is 36.4 Å². The van der Waals surface area contributed by atoms with Crippen molar-refractivity contribution in [3.63, 3.8) is 0 Å². The second-order valence-corrected chi connectivity index (χ2v) is 14.8. The summed E-state index contributed by atoms with van der Waals surface area (Å²) in [5, 5.41) is 8.97. The molecule has 0 aliphatic rings. The number of amides is 2. The van der Waals surface area contributed by atoms with Gasteiger partial charge < -0.3 is 39.6 Å². The van der Waals surface area contributed by atoms with Crippen LogP contribution < -0.4 is 20.7 Å². The van der Waals surface area contributed by atoms with Crippen molar-refractivity contribution in [2.45, 2.75) is 71.1 Å². The molecule has 0 aromatic heterocycles. The van der Waals surface area contributed by atoms with E-state index in [0.29, 0.717) is 76.2 Å². The molecule has 0 aliphatic carbocycles. The maximum absolute atomic E-state index is 12.4. The van der Waals surface area contributed by atoms with Gasteiger partial charge in [0.05, 0.1) is 46.1 Å². The maximum Gasteiger partial charge on any atom is 0.246 e. The lowest BCUT2D eigenvalue weighted by atomic mass is 10.2. The van der Waals surface area contributed by atoms with Crippen LogP contribution in [-0.4, -0.2) is 94.0 Å². The first kappa shape index (κ1) is 40.2. The van der Waals surface area contributed by atoms with Crippen molar-refractivity contribution in [2.24, 2.45) is 5.92 Å². The first-order valence-corrected chi connectivity index (χ1v) is 17.5. The van der Waals surface area contributed by atoms with Gasteiger partial charge in [-0.1, -0.05) is 88.3 Å². The van der Waals surface area contributed by atoms with Gasteiger partial charge in [0, 0.05) is 35.6 Å². The number of allylic oxidation sites excluding steroid dienone is 1. The van der Waals surface area contributed by atoms with Crippen molar-refractivity contribution >= 4 is 39.1 Å². The molecule has 12 heteroatoms. The minimum Gasteiger partial charge on any atom is -0.490 e. The van der Waals surface area contributed by atoms with Crippen LogP contribution in [0.25, 0.3) is 0 Å². The van der Waals surface area contributed by atoms with Crippen LogP contribution in [0.1, 0.15) is 54.9 Å². The number of rotatable bonds is 25. The van der Waals surface area contributed by atoms with Gasteiger partial charge in [-0.05, 0) is 18.1 Å². The summed E-state index contributed by atoms with van der Waals surface area (Å²) in [6, 6.07) is 7.71. The van der Waals surface area contributed by atoms with Gasteiger partial charge in [-0.15, -0.1) is 0 Å². The molecule has 0 saturated heterocycles. The van der Waals surface area contributed by atoms with Gasteiger partial charge in [0.25, 0.3) is 0 Å². The minimum absolute atomic E-state index is 0.0144. The predicted molar refractivity (Wildman–Crippen MR) is 182 cm³/mol. The number of carbonyl (C=O) groups excluding carboxylic acids is 2. The average Bonchev–Trinajstić information content (AvgIpc) is 2.94. The van der Waals surface area contributed by atoms with Crippen LogP contribution in [0.2, 0.25) is 0 Å². The third kappa shape index (κ3) is 24.5. The summed E-state index contributed by atoms with van der Waals surface area (Å²) in [6.07, 6.45) is 4.23. The molecule has 10 nitrogen and oxygen atoms in total. The Kier molecular flexibility index (Phi) is 22.3. The van der Waals surface area contributed by atoms with E-state index in [1.165, 1.54) is 0 Å². The lowest BCUT2D eigenvalue weighted by Gasteiger charge is -2.22. The van der Waals surface area contributed by atoms with Crippen LogP contribution in [0.4, 0.5) is 5.69 Å². The van der Waals surface area contributed by atoms with Crippen molar-refractivity contribution in [2.75, 3.05) is 71.3 Å². The molecule has 0 bridgehead atoms. The zero-order chi connectivity index (χ0) is 32.6. The average molecular weight is 658 g/mol. The van der Waals surface area contributed by atoms with E-state index in [1.807, 2.05) is 30.4 Å². The summed E-state index contributed by atoms with van der Waals surface area (Å²) in [5.74, 6) is 0.775. The molecule has 2 amide bonds. The van der Waals surface area contributed by atoms with Gasteiger partial charge in [-0.25, -0.2) is 0 Å². The molecule has 0 radical (unpaired) electrons. The summed E-state index contributed by atoms with van der Waals surface area (Å²) < 4.78 is 28.6. The highest BCUT2D eigenvalue weighted by molar-refractivity contribution is 8.77. The topological polar surface area (TPSA) is 116 Å². The van der Waals surface area contributed by atoms with Gasteiger partial charge in [-0.3, -0.25) is 9.59 Å². The Hall–Kier alpha value is -1.80. The molecule has 0 saturated carbocycles. The van der Waals surface area contributed by atoms with E-state index in [4.69, 9.17) is 23.7 Å². The van der Waals surface area contributed by atoms with E-state index in [9.17, 15) is 9.59 Å². The lowest BCUT2D eigenvalue weighted by Crippen LogP contribution is -2.28. The molecule has 1 unspecified atom stereocenters. The molecule has 1 aromatic carbocycles. The SMILES string of the molecule is CC(C)/C=C/CNC(=O)COCCOC(COc1cccc(NC(=O)CCOCCOCCNC(C)C)c1)SSC(C)(C)C. The fourth-order valence-electron chi connectivity index (χ4n) is 3.23. The first-order chi connectivity index (χ1) is 20.9. The summed E-state index contributed by atoms with van der Waals surface area (Å²) in [6.45, 7) is 18.9. The molecule has 0 heterocycles. The molecule has 1 atom stereocenters. The van der Waals surface area contributed by atoms with Crippen molar-refractivity contribution in [1.82, 2.24) is 10.6 Å². The highest BCUT2D eigenvalue weighted by Gasteiger charge is 2.18. The standard InChI is InChI=1S/C32H55N3O7S2/c1-25(2)10-9-14-34-30(37)23-40-20-21-41-31(43-44-32(5,6)7)24-42-28-12-8-11-27(22-28)35-29(36)13-16-38-18-19-39-17-15-33-26(3)4/h8-12,22,25-26,31,33H,13-21,23-24H2,1-7H3,(H,34,37)(H,35,36)/b10-9+. The molecule has 0 fully saturated rings. The molecular formula is C32H55N3O7S2.